The summed E-state index contributed by atoms with van der Waals surface area (Å²) in [7, 11) is -3.57. The van der Waals surface area contributed by atoms with Gasteiger partial charge in [0.1, 0.15) is 6.04 Å². The van der Waals surface area contributed by atoms with Crippen molar-refractivity contribution < 1.29 is 40.7 Å². The first-order valence-electron chi connectivity index (χ1n) is 10.6. The van der Waals surface area contributed by atoms with Crippen molar-refractivity contribution in [2.24, 2.45) is 0 Å². The van der Waals surface area contributed by atoms with E-state index in [2.05, 4.69) is 5.32 Å². The smallest absolute Gasteiger partial charge is 0.376 e. The number of sulfone groups is 1. The third-order valence-corrected chi connectivity index (χ3v) is 7.45. The van der Waals surface area contributed by atoms with Gasteiger partial charge >= 0.3 is 6.18 Å². The molecule has 2 aliphatic rings. The van der Waals surface area contributed by atoms with Crippen LogP contribution >= 0.6 is 0 Å². The van der Waals surface area contributed by atoms with Gasteiger partial charge in [-0.2, -0.15) is 13.2 Å². The van der Waals surface area contributed by atoms with Gasteiger partial charge in [0.25, 0.3) is 11.8 Å². The van der Waals surface area contributed by atoms with Crippen LogP contribution < -0.4 is 5.32 Å². The molecule has 0 saturated heterocycles. The molecular weight excluding hydrogens is 492 g/mol. The summed E-state index contributed by atoms with van der Waals surface area (Å²) in [5.74, 6) is -1.63. The van der Waals surface area contributed by atoms with E-state index in [1.807, 2.05) is 0 Å². The fourth-order valence-corrected chi connectivity index (χ4v) is 4.64. The van der Waals surface area contributed by atoms with Crippen molar-refractivity contribution in [2.45, 2.75) is 54.7 Å². The van der Waals surface area contributed by atoms with Gasteiger partial charge in [0.2, 0.25) is 0 Å². The normalized spacial score (nSPS) is 20.7. The van der Waals surface area contributed by atoms with E-state index in [4.69, 9.17) is 0 Å². The van der Waals surface area contributed by atoms with Crippen LogP contribution in [-0.4, -0.2) is 48.3 Å². The van der Waals surface area contributed by atoms with Crippen molar-refractivity contribution in [1.82, 2.24) is 4.90 Å². The second kappa shape index (κ2) is 8.02. The molecule has 0 bridgehead atoms. The summed E-state index contributed by atoms with van der Waals surface area (Å²) in [6.07, 6.45) is -3.87. The number of rotatable bonds is 5. The van der Waals surface area contributed by atoms with Gasteiger partial charge in [0, 0.05) is 18.5 Å². The molecule has 188 valence electrons. The Labute approximate surface area is 198 Å². The molecule has 4 rings (SSSR count). The Kier molecular flexibility index (Phi) is 5.75. The summed E-state index contributed by atoms with van der Waals surface area (Å²) in [4.78, 5) is 27.0. The predicted octanol–water partition coefficient (Wildman–Crippen LogP) is 3.38. The molecule has 1 heterocycles. The molecule has 2 atom stereocenters. The Morgan fingerprint density at radius 2 is 1.71 bits per heavy atom. The molecule has 1 aliphatic carbocycles. The maximum Gasteiger partial charge on any atom is 0.421 e. The van der Waals surface area contributed by atoms with Crippen molar-refractivity contribution in [3.05, 3.63) is 59.2 Å². The standard InChI is InChI=1S/C23H22F4N2O5S/c1-21(32,23(25,26)27)14-3-5-15(6-4-14)28-19(30)18-17-8-7-16(35(2,33)34)11-13(17)12-29(18)20(31)22(24)9-10-22/h3-8,11,18,32H,9-10,12H2,1-2H3,(H,28,30). The van der Waals surface area contributed by atoms with E-state index in [9.17, 15) is 40.7 Å². The number of nitrogens with one attached hydrogen (secondary N) is 1. The van der Waals surface area contributed by atoms with Crippen LogP contribution in [0.25, 0.3) is 0 Å². The number of amides is 2. The second-order valence-electron chi connectivity index (χ2n) is 9.07. The summed E-state index contributed by atoms with van der Waals surface area (Å²) in [6, 6.07) is 7.10. The Morgan fingerprint density at radius 3 is 2.23 bits per heavy atom. The highest BCUT2D eigenvalue weighted by molar-refractivity contribution is 7.90. The van der Waals surface area contributed by atoms with E-state index in [-0.39, 0.29) is 30.0 Å². The van der Waals surface area contributed by atoms with Crippen molar-refractivity contribution >= 4 is 27.3 Å². The molecule has 0 radical (unpaired) electrons. The van der Waals surface area contributed by atoms with Crippen molar-refractivity contribution in [3.8, 4) is 0 Å². The number of anilines is 1. The number of alkyl halides is 4. The topological polar surface area (TPSA) is 104 Å². The Morgan fingerprint density at radius 1 is 1.11 bits per heavy atom. The number of hydrogen-bond acceptors (Lipinski definition) is 5. The number of carbonyl (C=O) groups excluding carboxylic acids is 2. The fourth-order valence-electron chi connectivity index (χ4n) is 3.96. The van der Waals surface area contributed by atoms with Gasteiger partial charge in [-0.1, -0.05) is 18.2 Å². The maximum absolute atomic E-state index is 14.6. The van der Waals surface area contributed by atoms with Gasteiger partial charge in [0.05, 0.1) is 4.90 Å². The Bertz CT molecular complexity index is 1300. The quantitative estimate of drug-likeness (QED) is 0.596. The number of fused-ring (bicyclic) bond motifs is 1. The molecule has 0 spiro atoms. The molecule has 2 aromatic rings. The molecule has 7 nitrogen and oxygen atoms in total. The van der Waals surface area contributed by atoms with Gasteiger partial charge in [-0.25, -0.2) is 12.8 Å². The molecular formula is C23H22F4N2O5S. The lowest BCUT2D eigenvalue weighted by atomic mass is 9.95. The number of benzene rings is 2. The third kappa shape index (κ3) is 4.52. The number of halogens is 4. The molecule has 35 heavy (non-hydrogen) atoms. The zero-order valence-electron chi connectivity index (χ0n) is 18.7. The molecule has 1 aliphatic heterocycles. The van der Waals surface area contributed by atoms with Crippen LogP contribution in [0.2, 0.25) is 0 Å². The molecule has 1 fully saturated rings. The van der Waals surface area contributed by atoms with Gasteiger partial charge in [-0.05, 0) is 60.7 Å². The zero-order valence-corrected chi connectivity index (χ0v) is 19.5. The Hall–Kier alpha value is -2.99. The van der Waals surface area contributed by atoms with Gasteiger partial charge < -0.3 is 15.3 Å². The molecule has 12 heteroatoms. The highest BCUT2D eigenvalue weighted by Crippen LogP contribution is 2.46. The van der Waals surface area contributed by atoms with Crippen LogP contribution in [0.1, 0.15) is 42.5 Å². The predicted molar refractivity (Wildman–Crippen MR) is 117 cm³/mol. The first-order chi connectivity index (χ1) is 16.0. The minimum atomic E-state index is -4.91. The highest BCUT2D eigenvalue weighted by atomic mass is 32.2. The molecule has 2 N–H and O–H groups in total. The minimum absolute atomic E-state index is 0.0154. The van der Waals surface area contributed by atoms with Gasteiger partial charge in [-0.15, -0.1) is 0 Å². The van der Waals surface area contributed by atoms with Crippen molar-refractivity contribution in [2.75, 3.05) is 11.6 Å². The van der Waals surface area contributed by atoms with Crippen LogP contribution in [0.5, 0.6) is 0 Å². The summed E-state index contributed by atoms with van der Waals surface area (Å²) in [5.41, 5.74) is -4.82. The van der Waals surface area contributed by atoms with E-state index >= 15 is 0 Å². The lowest BCUT2D eigenvalue weighted by Gasteiger charge is -2.27. The molecule has 2 amide bonds. The lowest BCUT2D eigenvalue weighted by molar-refractivity contribution is -0.258. The largest absolute Gasteiger partial charge is 0.421 e. The molecule has 2 unspecified atom stereocenters. The SMILES string of the molecule is CC(O)(c1ccc(NC(=O)C2c3ccc(S(C)(=O)=O)cc3CN2C(=O)C2(F)CC2)cc1)C(F)(F)F. The first-order valence-corrected chi connectivity index (χ1v) is 12.5. The molecule has 2 aromatic carbocycles. The van der Waals surface area contributed by atoms with E-state index in [0.29, 0.717) is 18.1 Å². The third-order valence-electron chi connectivity index (χ3n) is 6.34. The Balaban J connectivity index is 1.63. The average Bonchev–Trinajstić information content (AvgIpc) is 3.39. The lowest BCUT2D eigenvalue weighted by Crippen LogP contribution is -2.41. The number of nitrogens with zero attached hydrogens (tertiary/aromatic N) is 1. The van der Waals surface area contributed by atoms with Crippen molar-refractivity contribution in [1.29, 1.82) is 0 Å². The van der Waals surface area contributed by atoms with E-state index in [0.717, 1.165) is 23.3 Å². The summed E-state index contributed by atoms with van der Waals surface area (Å²) >= 11 is 0. The minimum Gasteiger partial charge on any atom is -0.376 e. The monoisotopic (exact) mass is 514 g/mol. The second-order valence-corrected chi connectivity index (χ2v) is 11.1. The van der Waals surface area contributed by atoms with Gasteiger partial charge in [-0.3, -0.25) is 9.59 Å². The number of hydrogen-bond donors (Lipinski definition) is 2. The number of carbonyl (C=O) groups is 2. The van der Waals surface area contributed by atoms with Crippen LogP contribution in [0.15, 0.2) is 47.4 Å². The fraction of sp³-hybridized carbons (Fsp3) is 0.391. The molecule has 0 aromatic heterocycles. The van der Waals surface area contributed by atoms with Crippen molar-refractivity contribution in [3.63, 3.8) is 0 Å². The van der Waals surface area contributed by atoms with E-state index < -0.39 is 50.7 Å². The summed E-state index contributed by atoms with van der Waals surface area (Å²) in [6.45, 7) is 0.434. The number of aliphatic hydroxyl groups is 1. The van der Waals surface area contributed by atoms with Crippen LogP contribution in [0.3, 0.4) is 0 Å². The van der Waals surface area contributed by atoms with E-state index in [1.165, 1.54) is 30.3 Å². The first kappa shape index (κ1) is 25.1. The van der Waals surface area contributed by atoms with E-state index in [1.54, 1.807) is 0 Å². The van der Waals surface area contributed by atoms with Crippen LogP contribution in [-0.2, 0) is 31.6 Å². The summed E-state index contributed by atoms with van der Waals surface area (Å²) in [5, 5.41) is 12.3. The summed E-state index contributed by atoms with van der Waals surface area (Å²) < 4.78 is 77.7. The van der Waals surface area contributed by atoms with Crippen LogP contribution in [0.4, 0.5) is 23.2 Å². The highest BCUT2D eigenvalue weighted by Gasteiger charge is 2.56. The van der Waals surface area contributed by atoms with Crippen LogP contribution in [0, 0.1) is 0 Å². The average molecular weight is 514 g/mol. The molecule has 1 saturated carbocycles. The maximum atomic E-state index is 14.6. The van der Waals surface area contributed by atoms with Gasteiger partial charge in [0.15, 0.2) is 21.1 Å². The zero-order chi connectivity index (χ0) is 26.0.